The van der Waals surface area contributed by atoms with Gasteiger partial charge in [0, 0.05) is 19.9 Å². The van der Waals surface area contributed by atoms with Crippen LogP contribution in [0.3, 0.4) is 0 Å². The molecule has 2 heterocycles. The van der Waals surface area contributed by atoms with Gasteiger partial charge in [0.1, 0.15) is 12.1 Å². The predicted molar refractivity (Wildman–Crippen MR) is 143 cm³/mol. The van der Waals surface area contributed by atoms with Crippen molar-refractivity contribution in [2.75, 3.05) is 6.54 Å². The molecule has 1 aromatic heterocycles. The molecule has 1 aliphatic heterocycles. The van der Waals surface area contributed by atoms with Gasteiger partial charge in [-0.3, -0.25) is 14.4 Å². The van der Waals surface area contributed by atoms with Gasteiger partial charge in [0.25, 0.3) is 0 Å². The van der Waals surface area contributed by atoms with Crippen molar-refractivity contribution in [3.8, 4) is 10.4 Å². The molecule has 4 atom stereocenters. The highest BCUT2D eigenvalue weighted by molar-refractivity contribution is 7.13. The minimum atomic E-state index is -0.803. The Bertz CT molecular complexity index is 1040. The van der Waals surface area contributed by atoms with Crippen LogP contribution in [0.2, 0.25) is 0 Å². The van der Waals surface area contributed by atoms with E-state index in [9.17, 15) is 19.5 Å². The molecule has 0 bridgehead atoms. The first-order valence-corrected chi connectivity index (χ1v) is 13.3. The summed E-state index contributed by atoms with van der Waals surface area (Å²) in [6, 6.07) is 6.07. The molecule has 8 nitrogen and oxygen atoms in total. The molecule has 9 heteroatoms. The Balaban J connectivity index is 0.00000222. The topological polar surface area (TPSA) is 112 Å². The summed E-state index contributed by atoms with van der Waals surface area (Å²) in [4.78, 5) is 45.0. The van der Waals surface area contributed by atoms with Crippen LogP contribution >= 0.6 is 11.3 Å². The smallest absolute Gasteiger partial charge is 0.246 e. The first-order valence-electron chi connectivity index (χ1n) is 12.4. The van der Waals surface area contributed by atoms with E-state index in [0.717, 1.165) is 21.7 Å². The van der Waals surface area contributed by atoms with Crippen molar-refractivity contribution < 1.29 is 19.5 Å². The SMILES string of the molecule is CC.CC(=O)NC(C(=O)N1CC(O)CC1C(=O)NC(C)c1ccc(-c2scnc2C)cc1)C(C)(C)C. The number of nitrogens with zero attached hydrogens (tertiary/aromatic N) is 2. The normalized spacial score (nSPS) is 19.1. The van der Waals surface area contributed by atoms with Crippen LogP contribution in [0.4, 0.5) is 0 Å². The van der Waals surface area contributed by atoms with Gasteiger partial charge in [0.05, 0.1) is 28.2 Å². The minimum absolute atomic E-state index is 0.0559. The number of carbonyl (C=O) groups excluding carboxylic acids is 3. The van der Waals surface area contributed by atoms with Crippen LogP contribution in [0.25, 0.3) is 10.4 Å². The Kier molecular flexibility index (Phi) is 10.2. The first kappa shape index (κ1) is 29.5. The number of aliphatic hydroxyl groups is 1. The summed E-state index contributed by atoms with van der Waals surface area (Å²) in [5.41, 5.74) is 4.26. The standard InChI is InChI=1S/C25H34N4O4S.C2H6/c1-14(17-7-9-18(10-8-17)21-15(2)26-13-34-21)27-23(32)20-11-19(31)12-29(20)24(33)22(25(4,5)6)28-16(3)30;1-2/h7-10,13-14,19-20,22,31H,11-12H2,1-6H3,(H,27,32)(H,28,30);1-2H3. The van der Waals surface area contributed by atoms with Crippen LogP contribution < -0.4 is 10.6 Å². The summed E-state index contributed by atoms with van der Waals surface area (Å²) < 4.78 is 0. The average Bonchev–Trinajstić information content (AvgIpc) is 3.43. The lowest BCUT2D eigenvalue weighted by Crippen LogP contribution is -2.57. The molecule has 1 aromatic carbocycles. The van der Waals surface area contributed by atoms with Gasteiger partial charge in [-0.15, -0.1) is 11.3 Å². The van der Waals surface area contributed by atoms with Crippen LogP contribution in [-0.2, 0) is 14.4 Å². The highest BCUT2D eigenvalue weighted by Crippen LogP contribution is 2.29. The number of aryl methyl sites for hydroxylation is 1. The molecule has 1 aliphatic rings. The number of aromatic nitrogens is 1. The Morgan fingerprint density at radius 3 is 2.25 bits per heavy atom. The van der Waals surface area contributed by atoms with Gasteiger partial charge in [-0.25, -0.2) is 4.98 Å². The van der Waals surface area contributed by atoms with E-state index in [0.29, 0.717) is 0 Å². The number of rotatable bonds is 6. The lowest BCUT2D eigenvalue weighted by atomic mass is 9.85. The average molecular weight is 517 g/mol. The summed E-state index contributed by atoms with van der Waals surface area (Å²) in [7, 11) is 0. The summed E-state index contributed by atoms with van der Waals surface area (Å²) in [6.07, 6.45) is -0.639. The summed E-state index contributed by atoms with van der Waals surface area (Å²) in [5, 5.41) is 16.0. The lowest BCUT2D eigenvalue weighted by molar-refractivity contribution is -0.144. The van der Waals surface area contributed by atoms with E-state index in [1.165, 1.54) is 11.8 Å². The van der Waals surface area contributed by atoms with Crippen molar-refractivity contribution in [3.63, 3.8) is 0 Å². The summed E-state index contributed by atoms with van der Waals surface area (Å²) in [6.45, 7) is 14.8. The van der Waals surface area contributed by atoms with Crippen molar-refractivity contribution >= 4 is 29.1 Å². The van der Waals surface area contributed by atoms with Crippen LogP contribution in [0.5, 0.6) is 0 Å². The third-order valence-corrected chi connectivity index (χ3v) is 7.08. The van der Waals surface area contributed by atoms with Crippen molar-refractivity contribution in [1.82, 2.24) is 20.5 Å². The molecule has 1 fully saturated rings. The molecule has 3 amide bonds. The van der Waals surface area contributed by atoms with E-state index >= 15 is 0 Å². The van der Waals surface area contributed by atoms with E-state index in [1.807, 2.05) is 78.2 Å². The quantitative estimate of drug-likeness (QED) is 0.540. The first-order chi connectivity index (χ1) is 16.9. The van der Waals surface area contributed by atoms with Crippen LogP contribution in [0.1, 0.15) is 72.2 Å². The molecule has 36 heavy (non-hydrogen) atoms. The van der Waals surface area contributed by atoms with E-state index < -0.39 is 23.6 Å². The van der Waals surface area contributed by atoms with Crippen LogP contribution in [0, 0.1) is 12.3 Å². The van der Waals surface area contributed by atoms with E-state index in [-0.39, 0.29) is 36.7 Å². The fraction of sp³-hybridized carbons (Fsp3) is 0.556. The maximum absolute atomic E-state index is 13.3. The monoisotopic (exact) mass is 516 g/mol. The number of hydrogen-bond acceptors (Lipinski definition) is 6. The maximum Gasteiger partial charge on any atom is 0.246 e. The van der Waals surface area contributed by atoms with Crippen molar-refractivity contribution in [3.05, 3.63) is 41.0 Å². The highest BCUT2D eigenvalue weighted by atomic mass is 32.1. The number of thiazole rings is 1. The van der Waals surface area contributed by atoms with Gasteiger partial charge in [0.2, 0.25) is 17.7 Å². The number of β-amino-alcohol motifs (C(OH)–C–C–N with tert-alkyl or cyclic N) is 1. The summed E-state index contributed by atoms with van der Waals surface area (Å²) >= 11 is 1.59. The van der Waals surface area contributed by atoms with Gasteiger partial charge in [-0.2, -0.15) is 0 Å². The highest BCUT2D eigenvalue weighted by Gasteiger charge is 2.44. The number of benzene rings is 1. The van der Waals surface area contributed by atoms with Crippen LogP contribution in [-0.4, -0.2) is 57.4 Å². The Labute approximate surface area is 218 Å². The largest absolute Gasteiger partial charge is 0.391 e. The molecule has 0 radical (unpaired) electrons. The Hall–Kier alpha value is -2.78. The molecule has 0 saturated carbocycles. The molecule has 2 aromatic rings. The van der Waals surface area contributed by atoms with Gasteiger partial charge < -0.3 is 20.6 Å². The number of amides is 3. The minimum Gasteiger partial charge on any atom is -0.391 e. The number of carbonyl (C=O) groups is 3. The third-order valence-electron chi connectivity index (χ3n) is 6.10. The molecule has 1 saturated heterocycles. The van der Waals surface area contributed by atoms with Gasteiger partial charge in [0.15, 0.2) is 0 Å². The van der Waals surface area contributed by atoms with E-state index in [4.69, 9.17) is 0 Å². The van der Waals surface area contributed by atoms with Gasteiger partial charge >= 0.3 is 0 Å². The molecule has 3 rings (SSSR count). The summed E-state index contributed by atoms with van der Waals surface area (Å²) in [5.74, 6) is -1.01. The maximum atomic E-state index is 13.3. The lowest BCUT2D eigenvalue weighted by Gasteiger charge is -2.35. The number of aliphatic hydroxyl groups excluding tert-OH is 1. The zero-order chi connectivity index (χ0) is 27.2. The fourth-order valence-electron chi connectivity index (χ4n) is 4.22. The molecule has 198 valence electrons. The van der Waals surface area contributed by atoms with Crippen molar-refractivity contribution in [2.45, 2.75) is 86.0 Å². The van der Waals surface area contributed by atoms with Crippen molar-refractivity contribution in [1.29, 1.82) is 0 Å². The van der Waals surface area contributed by atoms with E-state index in [2.05, 4.69) is 15.6 Å². The van der Waals surface area contributed by atoms with Gasteiger partial charge in [-0.1, -0.05) is 58.9 Å². The Morgan fingerprint density at radius 2 is 1.75 bits per heavy atom. The number of hydrogen-bond donors (Lipinski definition) is 3. The van der Waals surface area contributed by atoms with Crippen LogP contribution in [0.15, 0.2) is 29.8 Å². The second-order valence-corrected chi connectivity index (χ2v) is 10.9. The zero-order valence-corrected chi connectivity index (χ0v) is 23.4. The molecular formula is C27H40N4O4S. The zero-order valence-electron chi connectivity index (χ0n) is 22.6. The molecule has 0 aliphatic carbocycles. The molecule has 3 N–H and O–H groups in total. The Morgan fingerprint density at radius 1 is 1.14 bits per heavy atom. The molecule has 0 spiro atoms. The molecule has 4 unspecified atom stereocenters. The predicted octanol–water partition coefficient (Wildman–Crippen LogP) is 3.83. The fourth-order valence-corrected chi connectivity index (χ4v) is 5.03. The number of likely N-dealkylation sites (tertiary alicyclic amines) is 1. The van der Waals surface area contributed by atoms with Crippen molar-refractivity contribution in [2.24, 2.45) is 5.41 Å². The van der Waals surface area contributed by atoms with Gasteiger partial charge in [-0.05, 0) is 30.4 Å². The second kappa shape index (κ2) is 12.5. The second-order valence-electron chi connectivity index (χ2n) is 10.0. The number of nitrogens with one attached hydrogen (secondary N) is 2. The molecular weight excluding hydrogens is 476 g/mol. The van der Waals surface area contributed by atoms with E-state index in [1.54, 1.807) is 11.3 Å². The third kappa shape index (κ3) is 7.13.